The third-order valence-corrected chi connectivity index (χ3v) is 4.75. The molecule has 1 saturated carbocycles. The van der Waals surface area contributed by atoms with Crippen molar-refractivity contribution in [1.29, 1.82) is 0 Å². The van der Waals surface area contributed by atoms with E-state index in [0.717, 1.165) is 5.92 Å². The van der Waals surface area contributed by atoms with Crippen molar-refractivity contribution in [2.24, 2.45) is 11.3 Å². The van der Waals surface area contributed by atoms with Crippen molar-refractivity contribution in [3.8, 4) is 0 Å². The van der Waals surface area contributed by atoms with Gasteiger partial charge >= 0.3 is 0 Å². The van der Waals surface area contributed by atoms with Gasteiger partial charge in [-0.3, -0.25) is 0 Å². The first-order chi connectivity index (χ1) is 9.16. The summed E-state index contributed by atoms with van der Waals surface area (Å²) in [5.74, 6) is 0.994. The molecular weight excluding hydrogens is 228 g/mol. The number of hydrogen-bond donors (Lipinski definition) is 0. The minimum absolute atomic E-state index is 0.505. The molecule has 0 saturated heterocycles. The van der Waals surface area contributed by atoms with E-state index >= 15 is 0 Å². The molecule has 1 aromatic rings. The Hall–Kier alpha value is -0.780. The fraction of sp³-hybridized carbons (Fsp3) is 0.684. The van der Waals surface area contributed by atoms with E-state index in [9.17, 15) is 0 Å². The Kier molecular flexibility index (Phi) is 5.48. The SMILES string of the molecule is CC(C)(CCc1ccccc1)CC1CCCCCC1. The van der Waals surface area contributed by atoms with Crippen molar-refractivity contribution >= 4 is 0 Å². The van der Waals surface area contributed by atoms with E-state index in [2.05, 4.69) is 44.2 Å². The lowest BCUT2D eigenvalue weighted by Crippen LogP contribution is -2.18. The zero-order chi connectivity index (χ0) is 13.6. The van der Waals surface area contributed by atoms with Gasteiger partial charge in [-0.15, -0.1) is 0 Å². The largest absolute Gasteiger partial charge is 0.0622 e. The van der Waals surface area contributed by atoms with Crippen LogP contribution in [0.2, 0.25) is 0 Å². The zero-order valence-corrected chi connectivity index (χ0v) is 12.8. The maximum Gasteiger partial charge on any atom is -0.0274 e. The van der Waals surface area contributed by atoms with Crippen LogP contribution in [-0.4, -0.2) is 0 Å². The fourth-order valence-electron chi connectivity index (χ4n) is 3.58. The summed E-state index contributed by atoms with van der Waals surface area (Å²) < 4.78 is 0. The maximum absolute atomic E-state index is 2.47. The lowest BCUT2D eigenvalue weighted by Gasteiger charge is -2.29. The van der Waals surface area contributed by atoms with Gasteiger partial charge in [-0.25, -0.2) is 0 Å². The second-order valence-electron chi connectivity index (χ2n) is 7.21. The summed E-state index contributed by atoms with van der Waals surface area (Å²) in [6.07, 6.45) is 12.8. The van der Waals surface area contributed by atoms with E-state index in [1.54, 1.807) is 0 Å². The van der Waals surface area contributed by atoms with Crippen LogP contribution in [0.4, 0.5) is 0 Å². The van der Waals surface area contributed by atoms with E-state index in [-0.39, 0.29) is 0 Å². The Balaban J connectivity index is 1.80. The Morgan fingerprint density at radius 2 is 1.58 bits per heavy atom. The van der Waals surface area contributed by atoms with Gasteiger partial charge in [0, 0.05) is 0 Å². The summed E-state index contributed by atoms with van der Waals surface area (Å²) in [5, 5.41) is 0. The molecule has 106 valence electrons. The molecule has 1 aliphatic rings. The van der Waals surface area contributed by atoms with Crippen LogP contribution in [0, 0.1) is 11.3 Å². The molecule has 0 nitrogen and oxygen atoms in total. The summed E-state index contributed by atoms with van der Waals surface area (Å²) >= 11 is 0. The molecule has 1 fully saturated rings. The van der Waals surface area contributed by atoms with Gasteiger partial charge in [0.2, 0.25) is 0 Å². The van der Waals surface area contributed by atoms with Crippen LogP contribution in [0.1, 0.15) is 70.8 Å². The summed E-state index contributed by atoms with van der Waals surface area (Å²) in [4.78, 5) is 0. The van der Waals surface area contributed by atoms with Crippen LogP contribution < -0.4 is 0 Å². The second-order valence-corrected chi connectivity index (χ2v) is 7.21. The molecule has 0 atom stereocenters. The first kappa shape index (κ1) is 14.6. The molecule has 0 bridgehead atoms. The van der Waals surface area contributed by atoms with Crippen molar-refractivity contribution in [3.63, 3.8) is 0 Å². The first-order valence-electron chi connectivity index (χ1n) is 8.20. The Morgan fingerprint density at radius 1 is 0.947 bits per heavy atom. The van der Waals surface area contributed by atoms with Crippen molar-refractivity contribution in [2.45, 2.75) is 71.6 Å². The predicted molar refractivity (Wildman–Crippen MR) is 84.4 cm³/mol. The van der Waals surface area contributed by atoms with Gasteiger partial charge in [-0.05, 0) is 36.2 Å². The smallest absolute Gasteiger partial charge is 0.0274 e. The third kappa shape index (κ3) is 5.38. The molecule has 0 amide bonds. The van der Waals surface area contributed by atoms with Gasteiger partial charge in [0.1, 0.15) is 0 Å². The lowest BCUT2D eigenvalue weighted by atomic mass is 9.76. The highest BCUT2D eigenvalue weighted by Crippen LogP contribution is 2.36. The Morgan fingerprint density at radius 3 is 2.21 bits per heavy atom. The molecule has 0 heterocycles. The molecule has 0 N–H and O–H groups in total. The number of hydrogen-bond acceptors (Lipinski definition) is 0. The maximum atomic E-state index is 2.47. The summed E-state index contributed by atoms with van der Waals surface area (Å²) in [6, 6.07) is 11.0. The predicted octanol–water partition coefficient (Wildman–Crippen LogP) is 6.01. The highest BCUT2D eigenvalue weighted by molar-refractivity contribution is 5.14. The molecule has 0 aliphatic heterocycles. The lowest BCUT2D eigenvalue weighted by molar-refractivity contribution is 0.233. The molecule has 2 rings (SSSR count). The average molecular weight is 258 g/mol. The van der Waals surface area contributed by atoms with Crippen molar-refractivity contribution in [2.75, 3.05) is 0 Å². The number of rotatable bonds is 5. The van der Waals surface area contributed by atoms with Gasteiger partial charge in [0.25, 0.3) is 0 Å². The van der Waals surface area contributed by atoms with Crippen LogP contribution in [0.25, 0.3) is 0 Å². The molecule has 0 radical (unpaired) electrons. The van der Waals surface area contributed by atoms with Crippen molar-refractivity contribution < 1.29 is 0 Å². The third-order valence-electron chi connectivity index (χ3n) is 4.75. The zero-order valence-electron chi connectivity index (χ0n) is 12.8. The highest BCUT2D eigenvalue weighted by atomic mass is 14.3. The van der Waals surface area contributed by atoms with Crippen LogP contribution >= 0.6 is 0 Å². The topological polar surface area (TPSA) is 0 Å². The number of benzene rings is 1. The van der Waals surface area contributed by atoms with Gasteiger partial charge < -0.3 is 0 Å². The molecule has 0 aromatic heterocycles. The van der Waals surface area contributed by atoms with Crippen LogP contribution in [0.5, 0.6) is 0 Å². The summed E-state index contributed by atoms with van der Waals surface area (Å²) in [6.45, 7) is 4.95. The summed E-state index contributed by atoms with van der Waals surface area (Å²) in [7, 11) is 0. The molecule has 0 heteroatoms. The van der Waals surface area contributed by atoms with Gasteiger partial charge in [0.05, 0.1) is 0 Å². The Labute approximate surface area is 119 Å². The second kappa shape index (κ2) is 7.12. The minimum atomic E-state index is 0.505. The fourth-order valence-corrected chi connectivity index (χ4v) is 3.58. The molecule has 1 aromatic carbocycles. The molecule has 1 aliphatic carbocycles. The number of aryl methyl sites for hydroxylation is 1. The molecule has 0 unspecified atom stereocenters. The Bertz CT molecular complexity index is 342. The molecular formula is C19H30. The van der Waals surface area contributed by atoms with Gasteiger partial charge in [-0.2, -0.15) is 0 Å². The van der Waals surface area contributed by atoms with E-state index in [0.29, 0.717) is 5.41 Å². The normalized spacial score (nSPS) is 18.2. The van der Waals surface area contributed by atoms with Gasteiger partial charge in [-0.1, -0.05) is 82.7 Å². The van der Waals surface area contributed by atoms with E-state index in [4.69, 9.17) is 0 Å². The monoisotopic (exact) mass is 258 g/mol. The van der Waals surface area contributed by atoms with Crippen LogP contribution in [-0.2, 0) is 6.42 Å². The molecule has 19 heavy (non-hydrogen) atoms. The summed E-state index contributed by atoms with van der Waals surface area (Å²) in [5.41, 5.74) is 2.00. The molecule has 0 spiro atoms. The van der Waals surface area contributed by atoms with E-state index in [1.807, 2.05) is 0 Å². The van der Waals surface area contributed by atoms with E-state index < -0.39 is 0 Å². The standard InChI is InChI=1S/C19H30/c1-19(2,15-14-17-10-8-5-9-11-17)16-18-12-6-3-4-7-13-18/h5,8-11,18H,3-4,6-7,12-16H2,1-2H3. The van der Waals surface area contributed by atoms with Gasteiger partial charge in [0.15, 0.2) is 0 Å². The minimum Gasteiger partial charge on any atom is -0.0622 e. The first-order valence-corrected chi connectivity index (χ1v) is 8.20. The van der Waals surface area contributed by atoms with Crippen molar-refractivity contribution in [1.82, 2.24) is 0 Å². The highest BCUT2D eigenvalue weighted by Gasteiger charge is 2.23. The van der Waals surface area contributed by atoms with Crippen LogP contribution in [0.3, 0.4) is 0 Å². The van der Waals surface area contributed by atoms with Crippen molar-refractivity contribution in [3.05, 3.63) is 35.9 Å². The van der Waals surface area contributed by atoms with Crippen LogP contribution in [0.15, 0.2) is 30.3 Å². The average Bonchev–Trinajstić information content (AvgIpc) is 2.66. The quantitative estimate of drug-likeness (QED) is 0.568. The van der Waals surface area contributed by atoms with E-state index in [1.165, 1.54) is 63.4 Å².